The first-order valence-corrected chi connectivity index (χ1v) is 5.56. The predicted molar refractivity (Wildman–Crippen MR) is 62.2 cm³/mol. The van der Waals surface area contributed by atoms with E-state index in [1.165, 1.54) is 5.69 Å². The maximum Gasteiger partial charge on any atom is 0.156 e. The molecule has 0 aliphatic carbocycles. The zero-order chi connectivity index (χ0) is 11.4. The first-order chi connectivity index (χ1) is 7.79. The van der Waals surface area contributed by atoms with E-state index in [0.29, 0.717) is 0 Å². The lowest BCUT2D eigenvalue weighted by Gasteiger charge is -2.07. The molecule has 0 radical (unpaired) electrons. The Morgan fingerprint density at radius 2 is 2.38 bits per heavy atom. The van der Waals surface area contributed by atoms with E-state index in [9.17, 15) is 0 Å². The Kier molecular flexibility index (Phi) is 3.41. The summed E-state index contributed by atoms with van der Waals surface area (Å²) in [4.78, 5) is 0. The molecule has 2 aromatic heterocycles. The van der Waals surface area contributed by atoms with Gasteiger partial charge in [-0.05, 0) is 25.6 Å². The number of rotatable bonds is 5. The standard InChI is InChI=1S/C12H17N3O/c1-3-13-8-11-5-4-6-15(11)9-12-7-10(2)14-16-12/h4-7,13H,3,8-9H2,1-2H3. The maximum absolute atomic E-state index is 5.21. The summed E-state index contributed by atoms with van der Waals surface area (Å²) in [6.45, 7) is 6.65. The van der Waals surface area contributed by atoms with E-state index < -0.39 is 0 Å². The molecule has 2 heterocycles. The Balaban J connectivity index is 2.06. The highest BCUT2D eigenvalue weighted by molar-refractivity contribution is 5.11. The summed E-state index contributed by atoms with van der Waals surface area (Å²) in [6, 6.07) is 6.14. The van der Waals surface area contributed by atoms with Crippen LogP contribution in [0.25, 0.3) is 0 Å². The number of hydrogen-bond donors (Lipinski definition) is 1. The van der Waals surface area contributed by atoms with E-state index >= 15 is 0 Å². The Bertz CT molecular complexity index is 445. The van der Waals surface area contributed by atoms with Gasteiger partial charge in [-0.25, -0.2) is 0 Å². The summed E-state index contributed by atoms with van der Waals surface area (Å²) in [7, 11) is 0. The topological polar surface area (TPSA) is 43.0 Å². The molecule has 0 unspecified atom stereocenters. The normalized spacial score (nSPS) is 10.9. The molecule has 86 valence electrons. The van der Waals surface area contributed by atoms with E-state index in [4.69, 9.17) is 4.52 Å². The van der Waals surface area contributed by atoms with Gasteiger partial charge >= 0.3 is 0 Å². The number of nitrogens with one attached hydrogen (secondary N) is 1. The summed E-state index contributed by atoms with van der Waals surface area (Å²) in [5.41, 5.74) is 2.19. The minimum atomic E-state index is 0.745. The maximum atomic E-state index is 5.21. The number of aryl methyl sites for hydroxylation is 1. The lowest BCUT2D eigenvalue weighted by Crippen LogP contribution is -2.15. The van der Waals surface area contributed by atoms with Gasteiger partial charge in [0.15, 0.2) is 5.76 Å². The summed E-state index contributed by atoms with van der Waals surface area (Å²) < 4.78 is 7.38. The van der Waals surface area contributed by atoms with E-state index in [-0.39, 0.29) is 0 Å². The highest BCUT2D eigenvalue weighted by atomic mass is 16.5. The van der Waals surface area contributed by atoms with Crippen LogP contribution in [-0.4, -0.2) is 16.3 Å². The third-order valence-corrected chi connectivity index (χ3v) is 2.48. The first-order valence-electron chi connectivity index (χ1n) is 5.56. The SMILES string of the molecule is CCNCc1cccn1Cc1cc(C)no1. The molecule has 0 bridgehead atoms. The Morgan fingerprint density at radius 1 is 1.50 bits per heavy atom. The van der Waals surface area contributed by atoms with Crippen LogP contribution >= 0.6 is 0 Å². The second-order valence-electron chi connectivity index (χ2n) is 3.84. The van der Waals surface area contributed by atoms with Crippen LogP contribution in [0.4, 0.5) is 0 Å². The largest absolute Gasteiger partial charge is 0.359 e. The molecule has 0 aromatic carbocycles. The van der Waals surface area contributed by atoms with E-state index in [2.05, 4.69) is 40.3 Å². The van der Waals surface area contributed by atoms with Crippen LogP contribution in [0.15, 0.2) is 28.9 Å². The highest BCUT2D eigenvalue weighted by Crippen LogP contribution is 2.08. The van der Waals surface area contributed by atoms with Gasteiger partial charge in [0, 0.05) is 24.5 Å². The summed E-state index contributed by atoms with van der Waals surface area (Å²) >= 11 is 0. The molecule has 2 aromatic rings. The molecule has 0 atom stereocenters. The van der Waals surface area contributed by atoms with Gasteiger partial charge in [-0.1, -0.05) is 12.1 Å². The molecule has 1 N–H and O–H groups in total. The average molecular weight is 219 g/mol. The van der Waals surface area contributed by atoms with Crippen molar-refractivity contribution in [1.29, 1.82) is 0 Å². The van der Waals surface area contributed by atoms with Gasteiger partial charge in [-0.15, -0.1) is 0 Å². The molecule has 0 spiro atoms. The van der Waals surface area contributed by atoms with Crippen molar-refractivity contribution in [3.05, 3.63) is 41.5 Å². The van der Waals surface area contributed by atoms with Crippen LogP contribution in [0.2, 0.25) is 0 Å². The zero-order valence-electron chi connectivity index (χ0n) is 9.73. The van der Waals surface area contributed by atoms with E-state index in [1.54, 1.807) is 0 Å². The Morgan fingerprint density at radius 3 is 3.06 bits per heavy atom. The molecule has 4 heteroatoms. The minimum absolute atomic E-state index is 0.745. The predicted octanol–water partition coefficient (Wildman–Crippen LogP) is 1.94. The average Bonchev–Trinajstić information content (AvgIpc) is 2.86. The van der Waals surface area contributed by atoms with Gasteiger partial charge in [0.1, 0.15) is 0 Å². The van der Waals surface area contributed by atoms with Crippen molar-refractivity contribution in [2.24, 2.45) is 0 Å². The second kappa shape index (κ2) is 4.99. The van der Waals surface area contributed by atoms with Gasteiger partial charge in [0.2, 0.25) is 0 Å². The van der Waals surface area contributed by atoms with Crippen molar-refractivity contribution in [3.8, 4) is 0 Å². The molecule has 4 nitrogen and oxygen atoms in total. The molecule has 16 heavy (non-hydrogen) atoms. The summed E-state index contributed by atoms with van der Waals surface area (Å²) in [5.74, 6) is 0.895. The number of hydrogen-bond acceptors (Lipinski definition) is 3. The van der Waals surface area contributed by atoms with Crippen LogP contribution in [0.5, 0.6) is 0 Å². The number of aromatic nitrogens is 2. The van der Waals surface area contributed by atoms with Crippen molar-refractivity contribution in [2.75, 3.05) is 6.54 Å². The number of nitrogens with zero attached hydrogens (tertiary/aromatic N) is 2. The second-order valence-corrected chi connectivity index (χ2v) is 3.84. The third-order valence-electron chi connectivity index (χ3n) is 2.48. The summed E-state index contributed by atoms with van der Waals surface area (Å²) in [6.07, 6.45) is 2.06. The first kappa shape index (κ1) is 11.0. The van der Waals surface area contributed by atoms with Crippen molar-refractivity contribution in [3.63, 3.8) is 0 Å². The smallest absolute Gasteiger partial charge is 0.156 e. The van der Waals surface area contributed by atoms with E-state index in [0.717, 1.165) is 31.1 Å². The van der Waals surface area contributed by atoms with Crippen LogP contribution in [0.3, 0.4) is 0 Å². The molecular formula is C12H17N3O. The highest BCUT2D eigenvalue weighted by Gasteiger charge is 2.04. The third kappa shape index (κ3) is 2.52. The fraction of sp³-hybridized carbons (Fsp3) is 0.417. The fourth-order valence-corrected chi connectivity index (χ4v) is 1.68. The summed E-state index contributed by atoms with van der Waals surface area (Å²) in [5, 5.41) is 7.20. The van der Waals surface area contributed by atoms with Gasteiger partial charge in [0.25, 0.3) is 0 Å². The van der Waals surface area contributed by atoms with Crippen molar-refractivity contribution in [2.45, 2.75) is 26.9 Å². The van der Waals surface area contributed by atoms with Crippen molar-refractivity contribution >= 4 is 0 Å². The van der Waals surface area contributed by atoms with Crippen LogP contribution in [0, 0.1) is 6.92 Å². The van der Waals surface area contributed by atoms with Gasteiger partial charge in [0.05, 0.1) is 12.2 Å². The lowest BCUT2D eigenvalue weighted by molar-refractivity contribution is 0.371. The molecule has 0 saturated heterocycles. The molecule has 0 aliphatic rings. The Labute approximate surface area is 95.2 Å². The van der Waals surface area contributed by atoms with Crippen LogP contribution < -0.4 is 5.32 Å². The molecule has 0 amide bonds. The van der Waals surface area contributed by atoms with Gasteiger partial charge < -0.3 is 14.4 Å². The monoisotopic (exact) mass is 219 g/mol. The van der Waals surface area contributed by atoms with Crippen molar-refractivity contribution < 1.29 is 4.52 Å². The minimum Gasteiger partial charge on any atom is -0.359 e. The van der Waals surface area contributed by atoms with Gasteiger partial charge in [-0.3, -0.25) is 0 Å². The molecule has 0 aliphatic heterocycles. The molecule has 0 fully saturated rings. The molecule has 2 rings (SSSR count). The molecular weight excluding hydrogens is 202 g/mol. The Hall–Kier alpha value is -1.55. The lowest BCUT2D eigenvalue weighted by atomic mass is 10.3. The quantitative estimate of drug-likeness (QED) is 0.835. The van der Waals surface area contributed by atoms with Crippen LogP contribution in [0.1, 0.15) is 24.1 Å². The molecule has 0 saturated carbocycles. The van der Waals surface area contributed by atoms with Crippen LogP contribution in [-0.2, 0) is 13.1 Å². The fourth-order valence-electron chi connectivity index (χ4n) is 1.68. The van der Waals surface area contributed by atoms with Gasteiger partial charge in [-0.2, -0.15) is 0 Å². The van der Waals surface area contributed by atoms with Crippen molar-refractivity contribution in [1.82, 2.24) is 15.0 Å². The zero-order valence-corrected chi connectivity index (χ0v) is 9.73. The van der Waals surface area contributed by atoms with E-state index in [1.807, 2.05) is 13.0 Å².